The fourth-order valence-electron chi connectivity index (χ4n) is 3.98. The number of phenols is 1. The standard InChI is InChI=1S/C22H22ClNO/c23-19-11-5-4-10-18(19)22(24-14-6-1-7-15-24)21-17-9-3-2-8-16(17)12-13-20(21)25/h2-5,8-13,22,25H,1,6-7,14-15H2. The molecule has 0 aliphatic carbocycles. The van der Waals surface area contributed by atoms with Crippen LogP contribution in [-0.4, -0.2) is 23.1 Å². The maximum Gasteiger partial charge on any atom is 0.121 e. The van der Waals surface area contributed by atoms with Gasteiger partial charge in [-0.15, -0.1) is 0 Å². The quantitative estimate of drug-likeness (QED) is 0.647. The molecule has 3 aromatic carbocycles. The highest BCUT2D eigenvalue weighted by Crippen LogP contribution is 2.42. The van der Waals surface area contributed by atoms with E-state index in [2.05, 4.69) is 23.1 Å². The molecule has 1 fully saturated rings. The maximum absolute atomic E-state index is 10.8. The first-order chi connectivity index (χ1) is 12.3. The summed E-state index contributed by atoms with van der Waals surface area (Å²) in [7, 11) is 0. The van der Waals surface area contributed by atoms with E-state index in [1.54, 1.807) is 0 Å². The van der Waals surface area contributed by atoms with Crippen LogP contribution in [0, 0.1) is 0 Å². The van der Waals surface area contributed by atoms with Gasteiger partial charge in [-0.1, -0.05) is 66.6 Å². The minimum absolute atomic E-state index is 0.0277. The van der Waals surface area contributed by atoms with Crippen molar-refractivity contribution in [2.75, 3.05) is 13.1 Å². The summed E-state index contributed by atoms with van der Waals surface area (Å²) in [5.41, 5.74) is 2.03. The lowest BCUT2D eigenvalue weighted by molar-refractivity contribution is 0.186. The van der Waals surface area contributed by atoms with Crippen LogP contribution < -0.4 is 0 Å². The second-order valence-corrected chi connectivity index (χ2v) is 7.15. The summed E-state index contributed by atoms with van der Waals surface area (Å²) in [6.45, 7) is 2.05. The SMILES string of the molecule is Oc1ccc2ccccc2c1C(c1ccccc1Cl)N1CCCCC1. The zero-order valence-corrected chi connectivity index (χ0v) is 14.9. The van der Waals surface area contributed by atoms with Crippen LogP contribution in [0.4, 0.5) is 0 Å². The number of phenolic OH excluding ortho intramolecular Hbond substituents is 1. The topological polar surface area (TPSA) is 23.5 Å². The molecule has 4 rings (SSSR count). The largest absolute Gasteiger partial charge is 0.508 e. The molecule has 3 heteroatoms. The average molecular weight is 352 g/mol. The zero-order valence-electron chi connectivity index (χ0n) is 14.2. The smallest absolute Gasteiger partial charge is 0.121 e. The molecule has 3 aromatic rings. The predicted octanol–water partition coefficient (Wildman–Crippen LogP) is 5.77. The van der Waals surface area contributed by atoms with Gasteiger partial charge in [-0.3, -0.25) is 4.90 Å². The molecule has 1 unspecified atom stereocenters. The van der Waals surface area contributed by atoms with E-state index in [1.165, 1.54) is 19.3 Å². The first-order valence-electron chi connectivity index (χ1n) is 8.95. The zero-order chi connectivity index (χ0) is 17.2. The number of nitrogens with zero attached hydrogens (tertiary/aromatic N) is 1. The second kappa shape index (κ2) is 7.07. The minimum atomic E-state index is -0.0277. The summed E-state index contributed by atoms with van der Waals surface area (Å²) in [5.74, 6) is 0.342. The van der Waals surface area contributed by atoms with Gasteiger partial charge in [0.25, 0.3) is 0 Å². The Bertz CT molecular complexity index is 886. The summed E-state index contributed by atoms with van der Waals surface area (Å²) in [5, 5.41) is 13.8. The van der Waals surface area contributed by atoms with E-state index < -0.39 is 0 Å². The third-order valence-corrected chi connectivity index (χ3v) is 5.52. The Labute approximate surface area is 153 Å². The van der Waals surface area contributed by atoms with Gasteiger partial charge in [0.1, 0.15) is 5.75 Å². The van der Waals surface area contributed by atoms with Gasteiger partial charge in [-0.05, 0) is 54.4 Å². The van der Waals surface area contributed by atoms with Crippen LogP contribution in [0.3, 0.4) is 0 Å². The summed E-state index contributed by atoms with van der Waals surface area (Å²) in [6.07, 6.45) is 3.65. The monoisotopic (exact) mass is 351 g/mol. The normalized spacial score (nSPS) is 16.8. The second-order valence-electron chi connectivity index (χ2n) is 6.74. The number of hydrogen-bond acceptors (Lipinski definition) is 2. The molecule has 1 atom stereocenters. The number of benzene rings is 3. The van der Waals surface area contributed by atoms with Crippen LogP contribution in [0.5, 0.6) is 5.75 Å². The van der Waals surface area contributed by atoms with Crippen molar-refractivity contribution >= 4 is 22.4 Å². The lowest BCUT2D eigenvalue weighted by Crippen LogP contribution is -2.34. The van der Waals surface area contributed by atoms with Crippen molar-refractivity contribution in [2.45, 2.75) is 25.3 Å². The third-order valence-electron chi connectivity index (χ3n) is 5.18. The summed E-state index contributed by atoms with van der Waals surface area (Å²) >= 11 is 6.58. The minimum Gasteiger partial charge on any atom is -0.508 e. The molecule has 25 heavy (non-hydrogen) atoms. The van der Waals surface area contributed by atoms with Crippen molar-refractivity contribution in [3.05, 3.63) is 76.8 Å². The van der Waals surface area contributed by atoms with Crippen molar-refractivity contribution < 1.29 is 5.11 Å². The number of piperidine rings is 1. The van der Waals surface area contributed by atoms with Crippen LogP contribution in [0.25, 0.3) is 10.8 Å². The fourth-order valence-corrected chi connectivity index (χ4v) is 4.22. The van der Waals surface area contributed by atoms with Crippen molar-refractivity contribution in [3.8, 4) is 5.75 Å². The van der Waals surface area contributed by atoms with Crippen molar-refractivity contribution in [1.82, 2.24) is 4.90 Å². The van der Waals surface area contributed by atoms with E-state index >= 15 is 0 Å². The van der Waals surface area contributed by atoms with E-state index in [9.17, 15) is 5.11 Å². The molecule has 0 amide bonds. The van der Waals surface area contributed by atoms with Gasteiger partial charge in [0.2, 0.25) is 0 Å². The first-order valence-corrected chi connectivity index (χ1v) is 9.32. The molecule has 0 spiro atoms. The molecule has 1 aliphatic heterocycles. The summed E-state index contributed by atoms with van der Waals surface area (Å²) in [6, 6.07) is 20.0. The Balaban J connectivity index is 1.95. The van der Waals surface area contributed by atoms with Crippen LogP contribution in [0.1, 0.15) is 36.4 Å². The highest BCUT2D eigenvalue weighted by atomic mass is 35.5. The Kier molecular flexibility index (Phi) is 4.65. The van der Waals surface area contributed by atoms with Gasteiger partial charge in [-0.2, -0.15) is 0 Å². The molecule has 0 bridgehead atoms. The lowest BCUT2D eigenvalue weighted by atomic mass is 9.90. The lowest BCUT2D eigenvalue weighted by Gasteiger charge is -2.36. The maximum atomic E-state index is 10.8. The molecular formula is C22H22ClNO. The van der Waals surface area contributed by atoms with E-state index in [0.717, 1.165) is 40.0 Å². The summed E-state index contributed by atoms with van der Waals surface area (Å²) < 4.78 is 0. The van der Waals surface area contributed by atoms with Gasteiger partial charge >= 0.3 is 0 Å². The number of hydrogen-bond donors (Lipinski definition) is 1. The molecular weight excluding hydrogens is 330 g/mol. The highest BCUT2D eigenvalue weighted by Gasteiger charge is 2.29. The summed E-state index contributed by atoms with van der Waals surface area (Å²) in [4.78, 5) is 2.46. The van der Waals surface area contributed by atoms with Crippen LogP contribution in [0.2, 0.25) is 5.02 Å². The third kappa shape index (κ3) is 3.12. The van der Waals surface area contributed by atoms with E-state index in [-0.39, 0.29) is 6.04 Å². The number of rotatable bonds is 3. The van der Waals surface area contributed by atoms with E-state index in [1.807, 2.05) is 42.5 Å². The number of fused-ring (bicyclic) bond motifs is 1. The van der Waals surface area contributed by atoms with Crippen LogP contribution in [0.15, 0.2) is 60.7 Å². The molecule has 1 aliphatic rings. The average Bonchev–Trinajstić information content (AvgIpc) is 2.66. The molecule has 0 saturated carbocycles. The van der Waals surface area contributed by atoms with E-state index in [0.29, 0.717) is 5.75 Å². The van der Waals surface area contributed by atoms with Gasteiger partial charge in [0.15, 0.2) is 0 Å². The van der Waals surface area contributed by atoms with Crippen LogP contribution in [-0.2, 0) is 0 Å². The van der Waals surface area contributed by atoms with Gasteiger partial charge in [0, 0.05) is 10.6 Å². The van der Waals surface area contributed by atoms with Crippen LogP contribution >= 0.6 is 11.6 Å². The number of halogens is 1. The van der Waals surface area contributed by atoms with Gasteiger partial charge in [0.05, 0.1) is 6.04 Å². The van der Waals surface area contributed by atoms with Crippen molar-refractivity contribution in [1.29, 1.82) is 0 Å². The van der Waals surface area contributed by atoms with Crippen molar-refractivity contribution in [3.63, 3.8) is 0 Å². The van der Waals surface area contributed by atoms with Gasteiger partial charge in [-0.25, -0.2) is 0 Å². The van der Waals surface area contributed by atoms with Gasteiger partial charge < -0.3 is 5.11 Å². The Morgan fingerprint density at radius 2 is 1.56 bits per heavy atom. The first kappa shape index (κ1) is 16.4. The molecule has 1 heterocycles. The highest BCUT2D eigenvalue weighted by molar-refractivity contribution is 6.31. The Hall–Kier alpha value is -2.03. The van der Waals surface area contributed by atoms with Crippen molar-refractivity contribution in [2.24, 2.45) is 0 Å². The molecule has 1 saturated heterocycles. The molecule has 1 N–H and O–H groups in total. The Morgan fingerprint density at radius 1 is 0.840 bits per heavy atom. The number of likely N-dealkylation sites (tertiary alicyclic amines) is 1. The predicted molar refractivity (Wildman–Crippen MR) is 104 cm³/mol. The number of aromatic hydroxyl groups is 1. The molecule has 0 aromatic heterocycles. The fraction of sp³-hybridized carbons (Fsp3) is 0.273. The molecule has 2 nitrogen and oxygen atoms in total. The molecule has 128 valence electrons. The Morgan fingerprint density at radius 3 is 2.36 bits per heavy atom. The molecule has 0 radical (unpaired) electrons. The van der Waals surface area contributed by atoms with E-state index in [4.69, 9.17) is 11.6 Å².